The van der Waals surface area contributed by atoms with Gasteiger partial charge in [-0.15, -0.1) is 0 Å². The zero-order valence-corrected chi connectivity index (χ0v) is 17.1. The van der Waals surface area contributed by atoms with E-state index in [1.807, 2.05) is 20.8 Å². The molecule has 1 amide bonds. The lowest BCUT2D eigenvalue weighted by Crippen LogP contribution is -2.38. The van der Waals surface area contributed by atoms with Crippen LogP contribution in [0.1, 0.15) is 48.2 Å². The third kappa shape index (κ3) is 4.84. The number of hydrogen-bond acceptors (Lipinski definition) is 4. The number of rotatable bonds is 7. The second-order valence-corrected chi connectivity index (χ2v) is 9.02. The van der Waals surface area contributed by atoms with Crippen molar-refractivity contribution in [2.75, 3.05) is 32.7 Å². The van der Waals surface area contributed by atoms with E-state index in [9.17, 15) is 13.2 Å². The van der Waals surface area contributed by atoms with Crippen LogP contribution in [0.3, 0.4) is 0 Å². The number of nitrogens with zero attached hydrogens (tertiary/aromatic N) is 1. The monoisotopic (exact) mass is 381 g/mol. The number of sulfonamides is 1. The van der Waals surface area contributed by atoms with Crippen molar-refractivity contribution in [1.29, 1.82) is 0 Å². The van der Waals surface area contributed by atoms with Crippen LogP contribution in [-0.2, 0) is 10.0 Å². The fourth-order valence-corrected chi connectivity index (χ4v) is 4.93. The maximum Gasteiger partial charge on any atom is 0.251 e. The van der Waals surface area contributed by atoms with E-state index in [2.05, 4.69) is 17.6 Å². The Bertz CT molecular complexity index is 739. The zero-order chi connectivity index (χ0) is 19.3. The van der Waals surface area contributed by atoms with Crippen molar-refractivity contribution in [1.82, 2.24) is 14.9 Å². The molecule has 1 fully saturated rings. The Kier molecular flexibility index (Phi) is 7.20. The second-order valence-electron chi connectivity index (χ2n) is 7.11. The van der Waals surface area contributed by atoms with E-state index in [0.717, 1.165) is 24.9 Å². The first kappa shape index (κ1) is 20.9. The Morgan fingerprint density at radius 3 is 2.46 bits per heavy atom. The predicted molar refractivity (Wildman–Crippen MR) is 104 cm³/mol. The van der Waals surface area contributed by atoms with Gasteiger partial charge in [-0.25, -0.2) is 8.42 Å². The fraction of sp³-hybridized carbons (Fsp3) is 0.632. The molecule has 1 heterocycles. The lowest BCUT2D eigenvalue weighted by molar-refractivity contribution is 0.0953. The Balaban J connectivity index is 2.25. The average Bonchev–Trinajstić information content (AvgIpc) is 2.61. The molecule has 7 heteroatoms. The van der Waals surface area contributed by atoms with E-state index < -0.39 is 10.0 Å². The van der Waals surface area contributed by atoms with Gasteiger partial charge >= 0.3 is 0 Å². The summed E-state index contributed by atoms with van der Waals surface area (Å²) >= 11 is 0. The number of likely N-dealkylation sites (N-methyl/N-ethyl adjacent to an activating group) is 1. The van der Waals surface area contributed by atoms with Gasteiger partial charge in [0.05, 0.1) is 4.90 Å². The van der Waals surface area contributed by atoms with E-state index in [1.54, 1.807) is 10.4 Å². The fourth-order valence-electron chi connectivity index (χ4n) is 3.13. The quantitative estimate of drug-likeness (QED) is 0.709. The number of nitrogens with one attached hydrogen (secondary N) is 2. The maximum atomic E-state index is 13.1. The lowest BCUT2D eigenvalue weighted by atomic mass is 10.0. The van der Waals surface area contributed by atoms with Gasteiger partial charge in [-0.05, 0) is 62.4 Å². The molecule has 0 aromatic heterocycles. The molecule has 6 nitrogen and oxygen atoms in total. The van der Waals surface area contributed by atoms with Crippen LogP contribution in [0.2, 0.25) is 0 Å². The van der Waals surface area contributed by atoms with Gasteiger partial charge in [-0.3, -0.25) is 4.79 Å². The summed E-state index contributed by atoms with van der Waals surface area (Å²) in [7, 11) is -3.58. The summed E-state index contributed by atoms with van der Waals surface area (Å²) in [5, 5.41) is 5.98. The van der Waals surface area contributed by atoms with E-state index in [-0.39, 0.29) is 10.8 Å². The molecule has 2 N–H and O–H groups in total. The number of piperidine rings is 1. The van der Waals surface area contributed by atoms with Crippen molar-refractivity contribution < 1.29 is 13.2 Å². The SMILES string of the molecule is CCNCCNC(=O)c1cc(C)c(C)c(S(=O)(=O)N2CCC(C)CC2)c1. The molecule has 1 saturated heterocycles. The first-order chi connectivity index (χ1) is 12.3. The molecule has 1 aromatic carbocycles. The van der Waals surface area contributed by atoms with Crippen molar-refractivity contribution >= 4 is 15.9 Å². The highest BCUT2D eigenvalue weighted by molar-refractivity contribution is 7.89. The molecule has 146 valence electrons. The summed E-state index contributed by atoms with van der Waals surface area (Å²) in [5.74, 6) is 0.313. The first-order valence-corrected chi connectivity index (χ1v) is 10.8. The third-order valence-electron chi connectivity index (χ3n) is 5.08. The van der Waals surface area contributed by atoms with E-state index in [4.69, 9.17) is 0 Å². The van der Waals surface area contributed by atoms with Gasteiger partial charge in [0, 0.05) is 31.7 Å². The standard InChI is InChI=1S/C19H31N3O3S/c1-5-20-8-9-21-19(23)17-12-15(3)16(4)18(13-17)26(24,25)22-10-6-14(2)7-11-22/h12-14,20H,5-11H2,1-4H3,(H,21,23). The molecule has 26 heavy (non-hydrogen) atoms. The molecule has 0 unspecified atom stereocenters. The van der Waals surface area contributed by atoms with Gasteiger partial charge in [0.15, 0.2) is 0 Å². The number of aryl methyl sites for hydroxylation is 1. The maximum absolute atomic E-state index is 13.1. The summed E-state index contributed by atoms with van der Waals surface area (Å²) in [4.78, 5) is 12.7. The molecule has 1 aliphatic rings. The highest BCUT2D eigenvalue weighted by Crippen LogP contribution is 2.27. The topological polar surface area (TPSA) is 78.5 Å². The molecule has 0 radical (unpaired) electrons. The normalized spacial score (nSPS) is 16.6. The Hall–Kier alpha value is -1.44. The Labute approximate surface area is 157 Å². The van der Waals surface area contributed by atoms with Crippen molar-refractivity contribution in [2.24, 2.45) is 5.92 Å². The van der Waals surface area contributed by atoms with Gasteiger partial charge in [0.2, 0.25) is 10.0 Å². The largest absolute Gasteiger partial charge is 0.351 e. The van der Waals surface area contributed by atoms with Crippen LogP contribution in [0.15, 0.2) is 17.0 Å². The Morgan fingerprint density at radius 1 is 1.19 bits per heavy atom. The van der Waals surface area contributed by atoms with Gasteiger partial charge in [-0.1, -0.05) is 13.8 Å². The predicted octanol–water partition coefficient (Wildman–Crippen LogP) is 2.06. The van der Waals surface area contributed by atoms with Crippen LogP contribution in [0.25, 0.3) is 0 Å². The van der Waals surface area contributed by atoms with Gasteiger partial charge in [0.25, 0.3) is 5.91 Å². The van der Waals surface area contributed by atoms with Crippen LogP contribution in [0.5, 0.6) is 0 Å². The summed E-state index contributed by atoms with van der Waals surface area (Å²) in [6, 6.07) is 3.29. The van der Waals surface area contributed by atoms with Crippen molar-refractivity contribution in [3.05, 3.63) is 28.8 Å². The number of carbonyl (C=O) groups is 1. The highest BCUT2D eigenvalue weighted by atomic mass is 32.2. The van der Waals surface area contributed by atoms with Crippen molar-refractivity contribution in [3.63, 3.8) is 0 Å². The average molecular weight is 382 g/mol. The molecular weight excluding hydrogens is 350 g/mol. The lowest BCUT2D eigenvalue weighted by Gasteiger charge is -2.30. The second kappa shape index (κ2) is 8.97. The molecule has 0 spiro atoms. The first-order valence-electron chi connectivity index (χ1n) is 9.37. The van der Waals surface area contributed by atoms with Gasteiger partial charge in [-0.2, -0.15) is 4.31 Å². The third-order valence-corrected chi connectivity index (χ3v) is 7.10. The molecule has 2 rings (SSSR count). The van der Waals surface area contributed by atoms with Crippen LogP contribution in [0.4, 0.5) is 0 Å². The van der Waals surface area contributed by atoms with Crippen LogP contribution in [0, 0.1) is 19.8 Å². The number of hydrogen-bond donors (Lipinski definition) is 2. The molecule has 0 bridgehead atoms. The molecule has 1 aliphatic heterocycles. The van der Waals surface area contributed by atoms with E-state index in [0.29, 0.717) is 43.2 Å². The minimum atomic E-state index is -3.58. The minimum absolute atomic E-state index is 0.241. The summed E-state index contributed by atoms with van der Waals surface area (Å²) in [5.41, 5.74) is 1.93. The zero-order valence-electron chi connectivity index (χ0n) is 16.3. The number of amides is 1. The number of benzene rings is 1. The van der Waals surface area contributed by atoms with Crippen LogP contribution in [-0.4, -0.2) is 51.4 Å². The molecule has 0 saturated carbocycles. The summed E-state index contributed by atoms with van der Waals surface area (Å²) in [6.45, 7) is 10.9. The van der Waals surface area contributed by atoms with Crippen molar-refractivity contribution in [3.8, 4) is 0 Å². The van der Waals surface area contributed by atoms with E-state index >= 15 is 0 Å². The van der Waals surface area contributed by atoms with Crippen molar-refractivity contribution in [2.45, 2.75) is 45.4 Å². The number of carbonyl (C=O) groups excluding carboxylic acids is 1. The highest BCUT2D eigenvalue weighted by Gasteiger charge is 2.30. The molecule has 0 aliphatic carbocycles. The molecule has 1 aromatic rings. The Morgan fingerprint density at radius 2 is 1.85 bits per heavy atom. The molecular formula is C19H31N3O3S. The smallest absolute Gasteiger partial charge is 0.251 e. The van der Waals surface area contributed by atoms with Gasteiger partial charge < -0.3 is 10.6 Å². The van der Waals surface area contributed by atoms with Crippen LogP contribution < -0.4 is 10.6 Å². The van der Waals surface area contributed by atoms with Crippen LogP contribution >= 0.6 is 0 Å². The summed E-state index contributed by atoms with van der Waals surface area (Å²) < 4.78 is 27.8. The minimum Gasteiger partial charge on any atom is -0.351 e. The van der Waals surface area contributed by atoms with E-state index in [1.165, 1.54) is 6.07 Å². The van der Waals surface area contributed by atoms with Gasteiger partial charge in [0.1, 0.15) is 0 Å². The molecule has 0 atom stereocenters. The summed E-state index contributed by atoms with van der Waals surface area (Å²) in [6.07, 6.45) is 1.75.